The van der Waals surface area contributed by atoms with Gasteiger partial charge in [0.05, 0.1) is 5.69 Å². The molecular formula is C62H41NO. The molecule has 0 saturated carbocycles. The quantitative estimate of drug-likeness (QED) is 0.152. The molecule has 0 aliphatic rings. The lowest BCUT2D eigenvalue weighted by molar-refractivity contribution is 0.669. The van der Waals surface area contributed by atoms with Gasteiger partial charge >= 0.3 is 0 Å². The fourth-order valence-electron chi connectivity index (χ4n) is 9.50. The van der Waals surface area contributed by atoms with Crippen LogP contribution < -0.4 is 4.90 Å². The van der Waals surface area contributed by atoms with Gasteiger partial charge in [0.1, 0.15) is 11.2 Å². The van der Waals surface area contributed by atoms with Gasteiger partial charge in [0.25, 0.3) is 0 Å². The maximum Gasteiger partial charge on any atom is 0.135 e. The first-order valence-corrected chi connectivity index (χ1v) is 21.9. The molecule has 0 atom stereocenters. The second-order valence-corrected chi connectivity index (χ2v) is 16.5. The van der Waals surface area contributed by atoms with E-state index in [0.717, 1.165) is 55.7 Å². The van der Waals surface area contributed by atoms with Gasteiger partial charge in [-0.2, -0.15) is 0 Å². The number of anilines is 3. The predicted octanol–water partition coefficient (Wildman–Crippen LogP) is 17.7. The van der Waals surface area contributed by atoms with Crippen LogP contribution in [-0.2, 0) is 0 Å². The van der Waals surface area contributed by atoms with Crippen molar-refractivity contribution in [3.8, 4) is 55.6 Å². The third-order valence-corrected chi connectivity index (χ3v) is 12.7. The molecular weight excluding hydrogens is 775 g/mol. The van der Waals surface area contributed by atoms with Gasteiger partial charge in [0, 0.05) is 27.7 Å². The highest BCUT2D eigenvalue weighted by atomic mass is 16.3. The number of hydrogen-bond donors (Lipinski definition) is 0. The first-order valence-electron chi connectivity index (χ1n) is 21.9. The average Bonchev–Trinajstić information content (AvgIpc) is 3.75. The summed E-state index contributed by atoms with van der Waals surface area (Å²) in [5.41, 5.74) is 16.8. The summed E-state index contributed by atoms with van der Waals surface area (Å²) in [6.07, 6.45) is 0. The molecule has 1 heterocycles. The van der Waals surface area contributed by atoms with E-state index in [-0.39, 0.29) is 0 Å². The van der Waals surface area contributed by atoms with Gasteiger partial charge in [0.15, 0.2) is 0 Å². The standard InChI is InChI=1S/C62H41NO/c1-3-18-53-45(12-1)14-10-22-55(53)47-30-26-42(27-31-47)43-34-37-51(38-35-43)63(60-24-7-5-20-57(60)50-36-39-62-59(41-50)58-21-6-8-25-61(58)64-62)52-17-9-16-49(40-52)44-28-32-48(33-29-44)56-23-11-15-46-13-2-4-19-54(46)56/h1-41H. The van der Waals surface area contributed by atoms with Crippen molar-refractivity contribution in [1.82, 2.24) is 0 Å². The van der Waals surface area contributed by atoms with Gasteiger partial charge in [-0.3, -0.25) is 0 Å². The number of rotatable bonds is 8. The third-order valence-electron chi connectivity index (χ3n) is 12.7. The molecule has 12 aromatic rings. The van der Waals surface area contributed by atoms with E-state index in [1.807, 2.05) is 12.1 Å². The number of hydrogen-bond acceptors (Lipinski definition) is 2. The zero-order valence-electron chi connectivity index (χ0n) is 35.0. The molecule has 0 unspecified atom stereocenters. The Bertz CT molecular complexity index is 3640. The van der Waals surface area contributed by atoms with Crippen molar-refractivity contribution < 1.29 is 4.42 Å². The van der Waals surface area contributed by atoms with Crippen LogP contribution in [0.15, 0.2) is 253 Å². The van der Waals surface area contributed by atoms with Crippen molar-refractivity contribution in [2.75, 3.05) is 4.90 Å². The van der Waals surface area contributed by atoms with E-state index < -0.39 is 0 Å². The first-order chi connectivity index (χ1) is 31.7. The highest BCUT2D eigenvalue weighted by molar-refractivity contribution is 6.07. The van der Waals surface area contributed by atoms with Gasteiger partial charge in [-0.05, 0) is 120 Å². The molecule has 0 N–H and O–H groups in total. The van der Waals surface area contributed by atoms with Crippen LogP contribution in [0.2, 0.25) is 0 Å². The van der Waals surface area contributed by atoms with Crippen molar-refractivity contribution in [3.05, 3.63) is 249 Å². The molecule has 0 radical (unpaired) electrons. The maximum atomic E-state index is 6.25. The van der Waals surface area contributed by atoms with Crippen molar-refractivity contribution in [2.45, 2.75) is 0 Å². The molecule has 1 aromatic heterocycles. The lowest BCUT2D eigenvalue weighted by Crippen LogP contribution is -2.11. The molecule has 12 rings (SSSR count). The zero-order valence-corrected chi connectivity index (χ0v) is 35.0. The average molecular weight is 816 g/mol. The smallest absolute Gasteiger partial charge is 0.135 e. The third kappa shape index (κ3) is 6.70. The minimum atomic E-state index is 0.888. The Morgan fingerprint density at radius 3 is 1.39 bits per heavy atom. The Balaban J connectivity index is 0.941. The van der Waals surface area contributed by atoms with E-state index in [2.05, 4.69) is 241 Å². The molecule has 2 heteroatoms. The van der Waals surface area contributed by atoms with Crippen molar-refractivity contribution in [1.29, 1.82) is 0 Å². The lowest BCUT2D eigenvalue weighted by Gasteiger charge is -2.28. The molecule has 0 aliphatic heterocycles. The van der Waals surface area contributed by atoms with Gasteiger partial charge in [-0.25, -0.2) is 0 Å². The number of benzene rings is 11. The van der Waals surface area contributed by atoms with Crippen LogP contribution >= 0.6 is 0 Å². The Labute approximate surface area is 372 Å². The van der Waals surface area contributed by atoms with Gasteiger partial charge in [0.2, 0.25) is 0 Å². The molecule has 0 amide bonds. The van der Waals surface area contributed by atoms with E-state index in [0.29, 0.717) is 0 Å². The molecule has 300 valence electrons. The van der Waals surface area contributed by atoms with Crippen LogP contribution in [0.3, 0.4) is 0 Å². The second-order valence-electron chi connectivity index (χ2n) is 16.5. The first kappa shape index (κ1) is 37.3. The SMILES string of the molecule is c1cc(-c2ccc(-c3cccc4ccccc34)cc2)cc(N(c2ccc(-c3ccc(-c4cccc5ccccc45)cc3)cc2)c2ccccc2-c2ccc3oc4ccccc4c3c2)c1. The van der Waals surface area contributed by atoms with Crippen LogP contribution in [0.4, 0.5) is 17.1 Å². The van der Waals surface area contributed by atoms with Crippen LogP contribution in [0.1, 0.15) is 0 Å². The molecule has 2 nitrogen and oxygen atoms in total. The largest absolute Gasteiger partial charge is 0.456 e. The number of nitrogens with zero attached hydrogens (tertiary/aromatic N) is 1. The molecule has 11 aromatic carbocycles. The predicted molar refractivity (Wildman–Crippen MR) is 271 cm³/mol. The van der Waals surface area contributed by atoms with Gasteiger partial charge in [-0.1, -0.05) is 200 Å². The summed E-state index contributed by atoms with van der Waals surface area (Å²) in [7, 11) is 0. The second kappa shape index (κ2) is 15.8. The summed E-state index contributed by atoms with van der Waals surface area (Å²) in [6.45, 7) is 0. The Kier molecular flexibility index (Phi) is 9.20. The fourth-order valence-corrected chi connectivity index (χ4v) is 9.50. The summed E-state index contributed by atoms with van der Waals surface area (Å²) in [5.74, 6) is 0. The molecule has 0 fully saturated rings. The number of fused-ring (bicyclic) bond motifs is 5. The normalized spacial score (nSPS) is 11.4. The van der Waals surface area contributed by atoms with Crippen molar-refractivity contribution in [3.63, 3.8) is 0 Å². The Hall–Kier alpha value is -8.46. The summed E-state index contributed by atoms with van der Waals surface area (Å²) in [4.78, 5) is 2.40. The molecule has 0 saturated heterocycles. The summed E-state index contributed by atoms with van der Waals surface area (Å²) >= 11 is 0. The fraction of sp³-hybridized carbons (Fsp3) is 0. The van der Waals surface area contributed by atoms with E-state index in [9.17, 15) is 0 Å². The summed E-state index contributed by atoms with van der Waals surface area (Å²) in [5, 5.41) is 7.26. The van der Waals surface area contributed by atoms with Crippen LogP contribution in [0.25, 0.3) is 99.1 Å². The van der Waals surface area contributed by atoms with Crippen molar-refractivity contribution in [2.24, 2.45) is 0 Å². The van der Waals surface area contributed by atoms with Crippen LogP contribution in [-0.4, -0.2) is 0 Å². The molecule has 0 spiro atoms. The highest BCUT2D eigenvalue weighted by Crippen LogP contribution is 2.44. The molecule has 64 heavy (non-hydrogen) atoms. The molecule has 0 bridgehead atoms. The maximum absolute atomic E-state index is 6.25. The van der Waals surface area contributed by atoms with E-state index in [4.69, 9.17) is 4.42 Å². The topological polar surface area (TPSA) is 16.4 Å². The Morgan fingerprint density at radius 1 is 0.250 bits per heavy atom. The molecule has 0 aliphatic carbocycles. The number of furan rings is 1. The van der Waals surface area contributed by atoms with E-state index in [1.165, 1.54) is 60.5 Å². The highest BCUT2D eigenvalue weighted by Gasteiger charge is 2.19. The van der Waals surface area contributed by atoms with Crippen molar-refractivity contribution >= 4 is 60.5 Å². The number of para-hydroxylation sites is 2. The van der Waals surface area contributed by atoms with Crippen LogP contribution in [0.5, 0.6) is 0 Å². The Morgan fingerprint density at radius 2 is 0.719 bits per heavy atom. The van der Waals surface area contributed by atoms with Crippen LogP contribution in [0, 0.1) is 0 Å². The summed E-state index contributed by atoms with van der Waals surface area (Å²) in [6, 6.07) is 89.7. The van der Waals surface area contributed by atoms with E-state index in [1.54, 1.807) is 0 Å². The minimum Gasteiger partial charge on any atom is -0.456 e. The monoisotopic (exact) mass is 815 g/mol. The van der Waals surface area contributed by atoms with E-state index >= 15 is 0 Å². The minimum absolute atomic E-state index is 0.888. The van der Waals surface area contributed by atoms with Gasteiger partial charge in [-0.15, -0.1) is 0 Å². The zero-order chi connectivity index (χ0) is 42.4. The summed E-state index contributed by atoms with van der Waals surface area (Å²) < 4.78 is 6.25. The lowest BCUT2D eigenvalue weighted by atomic mass is 9.95. The van der Waals surface area contributed by atoms with Gasteiger partial charge < -0.3 is 9.32 Å².